The normalized spacial score (nSPS) is 16.2. The molecule has 0 unspecified atom stereocenters. The van der Waals surface area contributed by atoms with Gasteiger partial charge >= 0.3 is 5.97 Å². The van der Waals surface area contributed by atoms with Gasteiger partial charge in [-0.2, -0.15) is 0 Å². The molecule has 1 aromatic carbocycles. The fourth-order valence-electron chi connectivity index (χ4n) is 3.16. The van der Waals surface area contributed by atoms with Crippen molar-refractivity contribution in [2.45, 2.75) is 18.8 Å². The first-order valence-electron chi connectivity index (χ1n) is 7.90. The number of benzene rings is 1. The number of aromatic hydroxyl groups is 1. The average molecular weight is 328 g/mol. The summed E-state index contributed by atoms with van der Waals surface area (Å²) >= 11 is 0. The molecule has 7 nitrogen and oxygen atoms in total. The van der Waals surface area contributed by atoms with Crippen molar-refractivity contribution in [2.75, 3.05) is 25.4 Å². The Hall–Kier alpha value is -2.67. The number of anilines is 1. The van der Waals surface area contributed by atoms with Crippen LogP contribution >= 0.6 is 0 Å². The molecule has 1 aromatic heterocycles. The highest BCUT2D eigenvalue weighted by molar-refractivity contribution is 5.69. The van der Waals surface area contributed by atoms with Crippen molar-refractivity contribution in [3.05, 3.63) is 35.9 Å². The maximum absolute atomic E-state index is 10.8. The van der Waals surface area contributed by atoms with E-state index < -0.39 is 5.97 Å². The quantitative estimate of drug-likeness (QED) is 0.783. The first-order valence-corrected chi connectivity index (χ1v) is 7.90. The van der Waals surface area contributed by atoms with Gasteiger partial charge in [-0.05, 0) is 50.0 Å². The predicted octanol–water partition coefficient (Wildman–Crippen LogP) is 1.70. The number of hydrogen-bond acceptors (Lipinski definition) is 6. The molecule has 7 heteroatoms. The number of aliphatic carboxylic acids is 1. The molecule has 0 saturated carbocycles. The molecule has 0 amide bonds. The number of likely N-dealkylation sites (tertiary alicyclic amines) is 1. The molecule has 2 aromatic rings. The molecule has 0 radical (unpaired) electrons. The minimum atomic E-state index is -0.805. The smallest absolute Gasteiger partial charge is 0.317 e. The van der Waals surface area contributed by atoms with Crippen molar-refractivity contribution in [2.24, 2.45) is 0 Å². The van der Waals surface area contributed by atoms with Gasteiger partial charge < -0.3 is 15.9 Å². The molecule has 2 heterocycles. The summed E-state index contributed by atoms with van der Waals surface area (Å²) in [6.07, 6.45) is 1.65. The topological polar surface area (TPSA) is 113 Å². The molecule has 0 bridgehead atoms. The lowest BCUT2D eigenvalue weighted by Crippen LogP contribution is -2.36. The van der Waals surface area contributed by atoms with Crippen molar-refractivity contribution in [1.82, 2.24) is 15.1 Å². The molecule has 1 aliphatic heterocycles. The van der Waals surface area contributed by atoms with Gasteiger partial charge in [-0.15, -0.1) is 10.2 Å². The van der Waals surface area contributed by atoms with E-state index in [9.17, 15) is 9.90 Å². The second-order valence-corrected chi connectivity index (χ2v) is 6.03. The number of piperidine rings is 1. The third-order valence-electron chi connectivity index (χ3n) is 4.42. The van der Waals surface area contributed by atoms with Gasteiger partial charge in [-0.3, -0.25) is 9.69 Å². The number of rotatable bonds is 4. The molecule has 0 spiro atoms. The summed E-state index contributed by atoms with van der Waals surface area (Å²) in [6, 6.07) is 8.86. The Balaban J connectivity index is 1.81. The molecular formula is C17H20N4O3. The molecule has 0 aliphatic carbocycles. The zero-order chi connectivity index (χ0) is 17.1. The SMILES string of the molecule is Nc1nnc(-c2ccccc2O)cc1C1CCN(CC(=O)O)CC1. The first-order chi connectivity index (χ1) is 11.5. The van der Waals surface area contributed by atoms with E-state index in [-0.39, 0.29) is 18.2 Å². The van der Waals surface area contributed by atoms with Crippen molar-refractivity contribution in [3.63, 3.8) is 0 Å². The number of phenols is 1. The fraction of sp³-hybridized carbons (Fsp3) is 0.353. The highest BCUT2D eigenvalue weighted by atomic mass is 16.4. The lowest BCUT2D eigenvalue weighted by Gasteiger charge is -2.31. The van der Waals surface area contributed by atoms with Crippen molar-refractivity contribution < 1.29 is 15.0 Å². The number of phenolic OH excluding ortho intramolecular Hbond substituents is 1. The first kappa shape index (κ1) is 16.2. The number of carbonyl (C=O) groups is 1. The number of carboxylic acids is 1. The third kappa shape index (κ3) is 3.46. The Labute approximate surface area is 139 Å². The maximum atomic E-state index is 10.8. The van der Waals surface area contributed by atoms with Gasteiger partial charge in [-0.1, -0.05) is 12.1 Å². The molecule has 1 aliphatic rings. The Bertz CT molecular complexity index is 742. The standard InChI is InChI=1S/C17H20N4O3/c18-17-13(11-5-7-21(8-6-11)10-16(23)24)9-14(19-20-17)12-3-1-2-4-15(12)22/h1-4,9,11,22H,5-8,10H2,(H2,18,20)(H,23,24). The van der Waals surface area contributed by atoms with Crippen LogP contribution in [0.1, 0.15) is 24.3 Å². The molecule has 126 valence electrons. The van der Waals surface area contributed by atoms with E-state index >= 15 is 0 Å². The molecule has 3 rings (SSSR count). The number of hydrogen-bond donors (Lipinski definition) is 3. The van der Waals surface area contributed by atoms with Gasteiger partial charge in [0.05, 0.1) is 12.2 Å². The van der Waals surface area contributed by atoms with Gasteiger partial charge in [0.2, 0.25) is 0 Å². The van der Waals surface area contributed by atoms with Crippen LogP contribution in [0.25, 0.3) is 11.3 Å². The van der Waals surface area contributed by atoms with E-state index in [1.54, 1.807) is 18.2 Å². The number of carboxylic acid groups (broad SMARTS) is 1. The van der Waals surface area contributed by atoms with E-state index in [0.29, 0.717) is 30.2 Å². The predicted molar refractivity (Wildman–Crippen MR) is 89.6 cm³/mol. The van der Waals surface area contributed by atoms with Crippen LogP contribution in [-0.4, -0.2) is 50.9 Å². The number of para-hydroxylation sites is 1. The van der Waals surface area contributed by atoms with Crippen LogP contribution in [0.3, 0.4) is 0 Å². The summed E-state index contributed by atoms with van der Waals surface area (Å²) in [4.78, 5) is 12.7. The Morgan fingerprint density at radius 3 is 2.62 bits per heavy atom. The second-order valence-electron chi connectivity index (χ2n) is 6.03. The molecular weight excluding hydrogens is 308 g/mol. The number of nitrogens with two attached hydrogens (primary N) is 1. The molecule has 24 heavy (non-hydrogen) atoms. The molecule has 4 N–H and O–H groups in total. The van der Waals surface area contributed by atoms with Gasteiger partial charge in [0.25, 0.3) is 0 Å². The number of nitrogens with zero attached hydrogens (tertiary/aromatic N) is 3. The Kier molecular flexibility index (Phi) is 4.61. The zero-order valence-electron chi connectivity index (χ0n) is 13.2. The lowest BCUT2D eigenvalue weighted by atomic mass is 9.89. The highest BCUT2D eigenvalue weighted by Gasteiger charge is 2.24. The van der Waals surface area contributed by atoms with Crippen LogP contribution in [0.2, 0.25) is 0 Å². The van der Waals surface area contributed by atoms with Gasteiger partial charge in [0.1, 0.15) is 11.6 Å². The van der Waals surface area contributed by atoms with E-state index in [0.717, 1.165) is 18.4 Å². The summed E-state index contributed by atoms with van der Waals surface area (Å²) in [7, 11) is 0. The summed E-state index contributed by atoms with van der Waals surface area (Å²) in [6.45, 7) is 1.50. The summed E-state index contributed by atoms with van der Waals surface area (Å²) < 4.78 is 0. The van der Waals surface area contributed by atoms with Crippen LogP contribution in [0.4, 0.5) is 5.82 Å². The number of nitrogen functional groups attached to an aromatic ring is 1. The largest absolute Gasteiger partial charge is 0.507 e. The van der Waals surface area contributed by atoms with Crippen molar-refractivity contribution >= 4 is 11.8 Å². The van der Waals surface area contributed by atoms with Crippen LogP contribution in [0.5, 0.6) is 5.75 Å². The Morgan fingerprint density at radius 1 is 1.25 bits per heavy atom. The minimum absolute atomic E-state index is 0.0694. The maximum Gasteiger partial charge on any atom is 0.317 e. The fourth-order valence-corrected chi connectivity index (χ4v) is 3.16. The summed E-state index contributed by atoms with van der Waals surface area (Å²) in [5.74, 6) is -0.0415. The van der Waals surface area contributed by atoms with E-state index in [4.69, 9.17) is 10.8 Å². The summed E-state index contributed by atoms with van der Waals surface area (Å²) in [5, 5.41) is 27.0. The lowest BCUT2D eigenvalue weighted by molar-refractivity contribution is -0.138. The van der Waals surface area contributed by atoms with Crippen LogP contribution < -0.4 is 5.73 Å². The monoisotopic (exact) mass is 328 g/mol. The van der Waals surface area contributed by atoms with Crippen LogP contribution in [0, 0.1) is 0 Å². The van der Waals surface area contributed by atoms with E-state index in [1.165, 1.54) is 0 Å². The van der Waals surface area contributed by atoms with E-state index in [1.807, 2.05) is 17.0 Å². The zero-order valence-corrected chi connectivity index (χ0v) is 13.2. The number of aromatic nitrogens is 2. The molecule has 1 fully saturated rings. The average Bonchev–Trinajstić information content (AvgIpc) is 2.56. The molecule has 0 atom stereocenters. The highest BCUT2D eigenvalue weighted by Crippen LogP contribution is 2.34. The molecule has 1 saturated heterocycles. The van der Waals surface area contributed by atoms with Crippen molar-refractivity contribution in [1.29, 1.82) is 0 Å². The van der Waals surface area contributed by atoms with Crippen LogP contribution in [0.15, 0.2) is 30.3 Å². The van der Waals surface area contributed by atoms with E-state index in [2.05, 4.69) is 10.2 Å². The summed E-state index contributed by atoms with van der Waals surface area (Å²) in [5.41, 5.74) is 8.13. The second kappa shape index (κ2) is 6.84. The van der Waals surface area contributed by atoms with Gasteiger partial charge in [-0.25, -0.2) is 0 Å². The van der Waals surface area contributed by atoms with Gasteiger partial charge in [0.15, 0.2) is 0 Å². The third-order valence-corrected chi connectivity index (χ3v) is 4.42. The van der Waals surface area contributed by atoms with Crippen LogP contribution in [-0.2, 0) is 4.79 Å². The minimum Gasteiger partial charge on any atom is -0.507 e. The van der Waals surface area contributed by atoms with Gasteiger partial charge in [0, 0.05) is 11.1 Å². The Morgan fingerprint density at radius 2 is 1.96 bits per heavy atom. The van der Waals surface area contributed by atoms with Crippen molar-refractivity contribution in [3.8, 4) is 17.0 Å².